The van der Waals surface area contributed by atoms with Crippen LogP contribution in [0.2, 0.25) is 0 Å². The van der Waals surface area contributed by atoms with E-state index in [1.807, 2.05) is 31.2 Å². The summed E-state index contributed by atoms with van der Waals surface area (Å²) in [5, 5.41) is 12.4. The molecule has 0 unspecified atom stereocenters. The van der Waals surface area contributed by atoms with Crippen LogP contribution < -0.4 is 5.56 Å². The molecular weight excluding hydrogens is 308 g/mol. The monoisotopic (exact) mass is 322 g/mol. The van der Waals surface area contributed by atoms with Gasteiger partial charge >= 0.3 is 0 Å². The maximum Gasteiger partial charge on any atom is 0.281 e. The molecule has 8 heteroatoms. The molecule has 0 aliphatic heterocycles. The molecule has 0 spiro atoms. The molecule has 0 N–H and O–H groups in total. The fraction of sp³-hybridized carbons (Fsp3) is 0.188. The van der Waals surface area contributed by atoms with E-state index >= 15 is 0 Å². The van der Waals surface area contributed by atoms with Crippen molar-refractivity contribution in [3.8, 4) is 11.3 Å². The first-order valence-electron chi connectivity index (χ1n) is 7.39. The molecule has 3 heterocycles. The SMILES string of the molecule is Cc1ccccc1-c1cnc(Cn2nnc3c(cnn3C)c2=O)o1. The van der Waals surface area contributed by atoms with Crippen LogP contribution in [0.1, 0.15) is 11.5 Å². The third-order valence-corrected chi connectivity index (χ3v) is 3.87. The van der Waals surface area contributed by atoms with Crippen LogP contribution in [-0.4, -0.2) is 29.8 Å². The minimum atomic E-state index is -0.274. The minimum Gasteiger partial charge on any atom is -0.439 e. The lowest BCUT2D eigenvalue weighted by Crippen LogP contribution is -2.24. The number of hydrogen-bond donors (Lipinski definition) is 0. The summed E-state index contributed by atoms with van der Waals surface area (Å²) >= 11 is 0. The van der Waals surface area contributed by atoms with Crippen molar-refractivity contribution in [2.75, 3.05) is 0 Å². The van der Waals surface area contributed by atoms with Crippen LogP contribution in [0.4, 0.5) is 0 Å². The molecular formula is C16H14N6O2. The first-order chi connectivity index (χ1) is 11.6. The van der Waals surface area contributed by atoms with Crippen molar-refractivity contribution in [2.45, 2.75) is 13.5 Å². The summed E-state index contributed by atoms with van der Waals surface area (Å²) in [4.78, 5) is 16.7. The summed E-state index contributed by atoms with van der Waals surface area (Å²) in [5.41, 5.74) is 2.24. The highest BCUT2D eigenvalue weighted by Gasteiger charge is 2.13. The summed E-state index contributed by atoms with van der Waals surface area (Å²) < 4.78 is 8.50. The standard InChI is InChI=1S/C16H14N6O2/c1-10-5-3-4-6-11(10)13-8-17-14(24-13)9-22-16(23)12-7-18-21(2)15(12)19-20-22/h3-8H,9H2,1-2H3. The minimum absolute atomic E-state index is 0.114. The van der Waals surface area contributed by atoms with Crippen LogP contribution >= 0.6 is 0 Å². The van der Waals surface area contributed by atoms with E-state index < -0.39 is 0 Å². The number of fused-ring (bicyclic) bond motifs is 1. The average molecular weight is 322 g/mol. The van der Waals surface area contributed by atoms with Crippen LogP contribution in [-0.2, 0) is 13.6 Å². The molecule has 3 aromatic heterocycles. The van der Waals surface area contributed by atoms with Crippen molar-refractivity contribution in [1.29, 1.82) is 0 Å². The normalized spacial score (nSPS) is 11.2. The Bertz CT molecular complexity index is 1090. The molecule has 24 heavy (non-hydrogen) atoms. The summed E-state index contributed by atoms with van der Waals surface area (Å²) in [7, 11) is 1.71. The zero-order valence-corrected chi connectivity index (χ0v) is 13.2. The second kappa shape index (κ2) is 5.41. The van der Waals surface area contributed by atoms with E-state index in [4.69, 9.17) is 4.42 Å². The summed E-state index contributed by atoms with van der Waals surface area (Å²) in [6.45, 7) is 2.12. The number of aryl methyl sites for hydroxylation is 2. The van der Waals surface area contributed by atoms with Gasteiger partial charge in [-0.2, -0.15) is 5.10 Å². The van der Waals surface area contributed by atoms with E-state index in [2.05, 4.69) is 20.4 Å². The number of aromatic nitrogens is 6. The van der Waals surface area contributed by atoms with Gasteiger partial charge in [0.25, 0.3) is 5.56 Å². The average Bonchev–Trinajstić information content (AvgIpc) is 3.18. The lowest BCUT2D eigenvalue weighted by molar-refractivity contribution is 0.457. The Morgan fingerprint density at radius 1 is 1.21 bits per heavy atom. The Kier molecular flexibility index (Phi) is 3.23. The van der Waals surface area contributed by atoms with E-state index in [1.54, 1.807) is 13.2 Å². The van der Waals surface area contributed by atoms with Crippen LogP contribution in [0, 0.1) is 6.92 Å². The molecule has 0 radical (unpaired) electrons. The first-order valence-corrected chi connectivity index (χ1v) is 7.39. The summed E-state index contributed by atoms with van der Waals surface area (Å²) in [6.07, 6.45) is 3.13. The molecule has 4 rings (SSSR count). The zero-order chi connectivity index (χ0) is 16.7. The highest BCUT2D eigenvalue weighted by molar-refractivity contribution is 5.72. The first kappa shape index (κ1) is 14.3. The predicted molar refractivity (Wildman–Crippen MR) is 86.3 cm³/mol. The molecule has 120 valence electrons. The lowest BCUT2D eigenvalue weighted by atomic mass is 10.1. The van der Waals surface area contributed by atoms with E-state index in [9.17, 15) is 4.79 Å². The van der Waals surface area contributed by atoms with Crippen molar-refractivity contribution in [1.82, 2.24) is 29.8 Å². The molecule has 1 aromatic carbocycles. The third-order valence-electron chi connectivity index (χ3n) is 3.87. The van der Waals surface area contributed by atoms with Gasteiger partial charge in [-0.05, 0) is 12.5 Å². The molecule has 4 aromatic rings. The Hall–Kier alpha value is -3.29. The molecule has 0 bridgehead atoms. The Morgan fingerprint density at radius 2 is 2.04 bits per heavy atom. The predicted octanol–water partition coefficient (Wildman–Crippen LogP) is 1.54. The van der Waals surface area contributed by atoms with Gasteiger partial charge < -0.3 is 4.42 Å². The van der Waals surface area contributed by atoms with Crippen molar-refractivity contribution in [2.24, 2.45) is 7.05 Å². The smallest absolute Gasteiger partial charge is 0.281 e. The second-order valence-corrected chi connectivity index (χ2v) is 5.49. The quantitative estimate of drug-likeness (QED) is 0.568. The van der Waals surface area contributed by atoms with Gasteiger partial charge in [0.15, 0.2) is 11.4 Å². The van der Waals surface area contributed by atoms with Gasteiger partial charge in [0.05, 0.1) is 12.4 Å². The van der Waals surface area contributed by atoms with E-state index in [-0.39, 0.29) is 12.1 Å². The maximum absolute atomic E-state index is 12.4. The molecule has 0 saturated heterocycles. The van der Waals surface area contributed by atoms with Crippen molar-refractivity contribution >= 4 is 11.0 Å². The van der Waals surface area contributed by atoms with Gasteiger partial charge in [-0.1, -0.05) is 29.5 Å². The fourth-order valence-corrected chi connectivity index (χ4v) is 2.57. The molecule has 0 fully saturated rings. The van der Waals surface area contributed by atoms with Crippen molar-refractivity contribution < 1.29 is 4.42 Å². The maximum atomic E-state index is 12.4. The molecule has 0 atom stereocenters. The molecule has 0 saturated carbocycles. The van der Waals surface area contributed by atoms with Gasteiger partial charge in [0, 0.05) is 12.6 Å². The summed E-state index contributed by atoms with van der Waals surface area (Å²) in [5.74, 6) is 1.06. The molecule has 0 aliphatic carbocycles. The third kappa shape index (κ3) is 2.28. The second-order valence-electron chi connectivity index (χ2n) is 5.49. The zero-order valence-electron chi connectivity index (χ0n) is 13.2. The van der Waals surface area contributed by atoms with Gasteiger partial charge in [-0.15, -0.1) is 5.10 Å². The number of benzene rings is 1. The number of rotatable bonds is 3. The Labute approximate surface area is 136 Å². The van der Waals surface area contributed by atoms with Crippen molar-refractivity contribution in [3.05, 3.63) is 58.5 Å². The Morgan fingerprint density at radius 3 is 2.88 bits per heavy atom. The molecule has 0 aliphatic rings. The summed E-state index contributed by atoms with van der Waals surface area (Å²) in [6, 6.07) is 7.88. The highest BCUT2D eigenvalue weighted by Crippen LogP contribution is 2.23. The number of hydrogen-bond acceptors (Lipinski definition) is 6. The van der Waals surface area contributed by atoms with Gasteiger partial charge in [-0.3, -0.25) is 4.79 Å². The number of nitrogens with zero attached hydrogens (tertiary/aromatic N) is 6. The van der Waals surface area contributed by atoms with Gasteiger partial charge in [0.2, 0.25) is 5.89 Å². The molecule has 8 nitrogen and oxygen atoms in total. The van der Waals surface area contributed by atoms with E-state index in [0.717, 1.165) is 11.1 Å². The molecule has 0 amide bonds. The highest BCUT2D eigenvalue weighted by atomic mass is 16.4. The van der Waals surface area contributed by atoms with E-state index in [0.29, 0.717) is 22.7 Å². The Balaban J connectivity index is 1.69. The van der Waals surface area contributed by atoms with Crippen molar-refractivity contribution in [3.63, 3.8) is 0 Å². The van der Waals surface area contributed by atoms with Crippen LogP contribution in [0.15, 0.2) is 45.9 Å². The van der Waals surface area contributed by atoms with Gasteiger partial charge in [-0.25, -0.2) is 14.3 Å². The number of oxazole rings is 1. The van der Waals surface area contributed by atoms with E-state index in [1.165, 1.54) is 15.6 Å². The largest absolute Gasteiger partial charge is 0.439 e. The fourth-order valence-electron chi connectivity index (χ4n) is 2.57. The van der Waals surface area contributed by atoms with Crippen LogP contribution in [0.25, 0.3) is 22.4 Å². The van der Waals surface area contributed by atoms with Gasteiger partial charge in [0.1, 0.15) is 11.9 Å². The van der Waals surface area contributed by atoms with Crippen LogP contribution in [0.3, 0.4) is 0 Å². The topological polar surface area (TPSA) is 91.6 Å². The van der Waals surface area contributed by atoms with Crippen LogP contribution in [0.5, 0.6) is 0 Å². The lowest BCUT2D eigenvalue weighted by Gasteiger charge is -2.01.